The first-order chi connectivity index (χ1) is 11.4. The molecule has 3 N–H and O–H groups in total. The zero-order valence-electron chi connectivity index (χ0n) is 12.3. The summed E-state index contributed by atoms with van der Waals surface area (Å²) in [6.45, 7) is 0. The molecule has 126 valence electrons. The van der Waals surface area contributed by atoms with Crippen LogP contribution in [-0.4, -0.2) is 62.1 Å². The SMILES string of the molecule is O=C(Cc1cccc(C(=O)O)c1)NC1C(=O)N2C(C(=O)O)CS[C@H]12. The number of hydrogen-bond donors (Lipinski definition) is 3. The van der Waals surface area contributed by atoms with E-state index in [-0.39, 0.29) is 17.4 Å². The Morgan fingerprint density at radius 1 is 1.29 bits per heavy atom. The maximum absolute atomic E-state index is 12.1. The van der Waals surface area contributed by atoms with Crippen molar-refractivity contribution in [2.75, 3.05) is 5.75 Å². The van der Waals surface area contributed by atoms with Crippen LogP contribution in [0, 0.1) is 0 Å². The number of rotatable bonds is 5. The van der Waals surface area contributed by atoms with Crippen LogP contribution >= 0.6 is 11.8 Å². The molecule has 8 nitrogen and oxygen atoms in total. The topological polar surface area (TPSA) is 124 Å². The number of carboxylic acid groups (broad SMARTS) is 2. The highest BCUT2D eigenvalue weighted by Gasteiger charge is 2.57. The molecule has 0 radical (unpaired) electrons. The minimum Gasteiger partial charge on any atom is -0.480 e. The van der Waals surface area contributed by atoms with Gasteiger partial charge in [0.15, 0.2) is 0 Å². The summed E-state index contributed by atoms with van der Waals surface area (Å²) in [5.74, 6) is -2.63. The Morgan fingerprint density at radius 2 is 2.04 bits per heavy atom. The largest absolute Gasteiger partial charge is 0.480 e. The van der Waals surface area contributed by atoms with Gasteiger partial charge in [0.2, 0.25) is 11.8 Å². The number of carbonyl (C=O) groups excluding carboxylic acids is 2. The van der Waals surface area contributed by atoms with E-state index in [0.29, 0.717) is 11.3 Å². The number of hydrogen-bond acceptors (Lipinski definition) is 5. The van der Waals surface area contributed by atoms with Crippen LogP contribution in [0.2, 0.25) is 0 Å². The lowest BCUT2D eigenvalue weighted by Crippen LogP contribution is -2.70. The normalized spacial score (nSPS) is 24.9. The van der Waals surface area contributed by atoms with Gasteiger partial charge in [-0.3, -0.25) is 9.59 Å². The number of thioether (sulfide) groups is 1. The summed E-state index contributed by atoms with van der Waals surface area (Å²) in [4.78, 5) is 47.4. The summed E-state index contributed by atoms with van der Waals surface area (Å²) in [6.07, 6.45) is -0.0509. The van der Waals surface area contributed by atoms with Crippen molar-refractivity contribution in [3.8, 4) is 0 Å². The molecule has 2 unspecified atom stereocenters. The molecule has 24 heavy (non-hydrogen) atoms. The Labute approximate surface area is 140 Å². The van der Waals surface area contributed by atoms with Crippen molar-refractivity contribution >= 4 is 35.5 Å². The standard InChI is InChI=1S/C15H14N2O6S/c18-10(5-7-2-1-3-8(4-7)14(20)21)16-11-12(19)17-9(15(22)23)6-24-13(11)17/h1-4,9,11,13H,5-6H2,(H,16,18)(H,20,21)(H,22,23)/t9?,11?,13-/m1/s1. The zero-order chi connectivity index (χ0) is 17.4. The molecule has 1 aromatic rings. The third kappa shape index (κ3) is 2.82. The van der Waals surface area contributed by atoms with Gasteiger partial charge in [-0.2, -0.15) is 0 Å². The first kappa shape index (κ1) is 16.3. The van der Waals surface area contributed by atoms with E-state index in [1.807, 2.05) is 0 Å². The van der Waals surface area contributed by atoms with Gasteiger partial charge in [-0.15, -0.1) is 11.8 Å². The van der Waals surface area contributed by atoms with Crippen LogP contribution in [0.1, 0.15) is 15.9 Å². The Morgan fingerprint density at radius 3 is 2.71 bits per heavy atom. The van der Waals surface area contributed by atoms with Crippen molar-refractivity contribution < 1.29 is 29.4 Å². The fraction of sp³-hybridized carbons (Fsp3) is 0.333. The molecule has 3 atom stereocenters. The Bertz CT molecular complexity index is 736. The van der Waals surface area contributed by atoms with Crippen molar-refractivity contribution in [2.24, 2.45) is 0 Å². The van der Waals surface area contributed by atoms with Crippen LogP contribution in [0.4, 0.5) is 0 Å². The third-order valence-electron chi connectivity index (χ3n) is 3.98. The molecular formula is C15H14N2O6S. The number of nitrogens with zero attached hydrogens (tertiary/aromatic N) is 1. The maximum atomic E-state index is 12.1. The van der Waals surface area contributed by atoms with Crippen LogP contribution < -0.4 is 5.32 Å². The predicted octanol–water partition coefficient (Wildman–Crippen LogP) is -0.220. The summed E-state index contributed by atoms with van der Waals surface area (Å²) in [7, 11) is 0. The predicted molar refractivity (Wildman–Crippen MR) is 83.6 cm³/mol. The van der Waals surface area contributed by atoms with Crippen molar-refractivity contribution in [3.63, 3.8) is 0 Å². The van der Waals surface area contributed by atoms with Gasteiger partial charge < -0.3 is 20.4 Å². The van der Waals surface area contributed by atoms with E-state index in [1.54, 1.807) is 12.1 Å². The van der Waals surface area contributed by atoms with Gasteiger partial charge in [-0.25, -0.2) is 9.59 Å². The monoisotopic (exact) mass is 350 g/mol. The minimum atomic E-state index is -1.08. The summed E-state index contributed by atoms with van der Waals surface area (Å²) < 4.78 is 0. The van der Waals surface area contributed by atoms with Gasteiger partial charge >= 0.3 is 11.9 Å². The molecular weight excluding hydrogens is 336 g/mol. The molecule has 0 spiro atoms. The third-order valence-corrected chi connectivity index (χ3v) is 5.33. The van der Waals surface area contributed by atoms with E-state index < -0.39 is 35.8 Å². The van der Waals surface area contributed by atoms with Crippen molar-refractivity contribution in [2.45, 2.75) is 23.9 Å². The summed E-state index contributed by atoms with van der Waals surface area (Å²) in [6, 6.07) is 4.44. The van der Waals surface area contributed by atoms with E-state index in [0.717, 1.165) is 0 Å². The number of carboxylic acids is 2. The zero-order valence-corrected chi connectivity index (χ0v) is 13.2. The lowest BCUT2D eigenvalue weighted by Gasteiger charge is -2.43. The van der Waals surface area contributed by atoms with E-state index in [2.05, 4.69) is 5.32 Å². The van der Waals surface area contributed by atoms with Gasteiger partial charge in [0, 0.05) is 5.75 Å². The molecule has 1 aromatic carbocycles. The highest BCUT2D eigenvalue weighted by Crippen LogP contribution is 2.39. The number of β-lactam (4-membered cyclic amide) rings is 1. The summed E-state index contributed by atoms with van der Waals surface area (Å²) in [5, 5.41) is 20.2. The lowest BCUT2D eigenvalue weighted by atomic mass is 10.0. The van der Waals surface area contributed by atoms with E-state index in [1.165, 1.54) is 28.8 Å². The fourth-order valence-corrected chi connectivity index (χ4v) is 4.28. The number of fused-ring (bicyclic) bond motifs is 1. The molecule has 2 aliphatic rings. The number of nitrogens with one attached hydrogen (secondary N) is 1. The number of amides is 2. The maximum Gasteiger partial charge on any atom is 0.335 e. The van der Waals surface area contributed by atoms with Crippen LogP contribution in [0.25, 0.3) is 0 Å². The van der Waals surface area contributed by atoms with Crippen LogP contribution in [-0.2, 0) is 20.8 Å². The van der Waals surface area contributed by atoms with Crippen LogP contribution in [0.5, 0.6) is 0 Å². The van der Waals surface area contributed by atoms with Gasteiger partial charge in [-0.1, -0.05) is 12.1 Å². The number of carbonyl (C=O) groups is 4. The minimum absolute atomic E-state index is 0.0509. The van der Waals surface area contributed by atoms with E-state index in [4.69, 9.17) is 10.2 Å². The van der Waals surface area contributed by atoms with Crippen LogP contribution in [0.15, 0.2) is 24.3 Å². The van der Waals surface area contributed by atoms with Gasteiger partial charge in [0.1, 0.15) is 17.5 Å². The Balaban J connectivity index is 1.61. The van der Waals surface area contributed by atoms with Gasteiger partial charge in [0.25, 0.3) is 0 Å². The second kappa shape index (κ2) is 6.16. The quantitative estimate of drug-likeness (QED) is 0.627. The van der Waals surface area contributed by atoms with Crippen molar-refractivity contribution in [3.05, 3.63) is 35.4 Å². The molecule has 0 aliphatic carbocycles. The molecule has 0 bridgehead atoms. The van der Waals surface area contributed by atoms with Gasteiger partial charge in [-0.05, 0) is 17.7 Å². The van der Waals surface area contributed by atoms with Crippen LogP contribution in [0.3, 0.4) is 0 Å². The molecule has 0 aromatic heterocycles. The lowest BCUT2D eigenvalue weighted by molar-refractivity contribution is -0.159. The summed E-state index contributed by atoms with van der Waals surface area (Å²) >= 11 is 1.33. The molecule has 2 amide bonds. The summed E-state index contributed by atoms with van der Waals surface area (Å²) in [5.41, 5.74) is 0.611. The number of benzene rings is 1. The Kier molecular flexibility index (Phi) is 4.18. The second-order valence-corrected chi connectivity index (χ2v) is 6.70. The second-order valence-electron chi connectivity index (χ2n) is 5.55. The van der Waals surface area contributed by atoms with Gasteiger partial charge in [0.05, 0.1) is 12.0 Å². The molecule has 9 heteroatoms. The van der Waals surface area contributed by atoms with E-state index in [9.17, 15) is 19.2 Å². The average Bonchev–Trinajstić information content (AvgIpc) is 2.93. The molecule has 2 fully saturated rings. The average molecular weight is 350 g/mol. The number of aliphatic carboxylic acids is 1. The van der Waals surface area contributed by atoms with Crippen molar-refractivity contribution in [1.82, 2.24) is 10.2 Å². The van der Waals surface area contributed by atoms with Crippen molar-refractivity contribution in [1.29, 1.82) is 0 Å². The molecule has 0 saturated carbocycles. The highest BCUT2D eigenvalue weighted by atomic mass is 32.2. The molecule has 2 saturated heterocycles. The Hall–Kier alpha value is -2.55. The van der Waals surface area contributed by atoms with E-state index >= 15 is 0 Å². The fourth-order valence-electron chi connectivity index (χ4n) is 2.81. The first-order valence-corrected chi connectivity index (χ1v) is 8.21. The molecule has 2 aliphatic heterocycles. The number of aromatic carboxylic acids is 1. The smallest absolute Gasteiger partial charge is 0.335 e. The molecule has 2 heterocycles. The highest BCUT2D eigenvalue weighted by molar-refractivity contribution is 8.00. The first-order valence-electron chi connectivity index (χ1n) is 7.16. The molecule has 3 rings (SSSR count).